The Balaban J connectivity index is 0.00000400. The van der Waals surface area contributed by atoms with Gasteiger partial charge in [-0.3, -0.25) is 4.79 Å². The van der Waals surface area contributed by atoms with Gasteiger partial charge >= 0.3 is 0 Å². The van der Waals surface area contributed by atoms with Gasteiger partial charge in [0, 0.05) is 18.7 Å². The molecule has 0 bridgehead atoms. The second-order valence-electron chi connectivity index (χ2n) is 5.21. The highest BCUT2D eigenvalue weighted by Crippen LogP contribution is 2.10. The molecule has 1 aromatic rings. The molecule has 21 heavy (non-hydrogen) atoms. The first-order chi connectivity index (χ1) is 9.32. The maximum Gasteiger partial charge on any atom is 0.225 e. The van der Waals surface area contributed by atoms with Crippen molar-refractivity contribution < 1.29 is 13.2 Å². The largest absolute Gasteiger partial charge is 0.326 e. The summed E-state index contributed by atoms with van der Waals surface area (Å²) in [5.74, 6) is -0.215. The van der Waals surface area contributed by atoms with E-state index in [1.54, 1.807) is 12.1 Å². The fourth-order valence-electron chi connectivity index (χ4n) is 1.79. The van der Waals surface area contributed by atoms with Crippen LogP contribution < -0.4 is 11.1 Å². The van der Waals surface area contributed by atoms with E-state index in [0.717, 1.165) is 5.56 Å². The Morgan fingerprint density at radius 1 is 1.24 bits per heavy atom. The van der Waals surface area contributed by atoms with Gasteiger partial charge in [-0.15, -0.1) is 12.4 Å². The van der Waals surface area contributed by atoms with Crippen LogP contribution in [0.5, 0.6) is 0 Å². The van der Waals surface area contributed by atoms with Crippen LogP contribution >= 0.6 is 12.4 Å². The quantitative estimate of drug-likeness (QED) is 0.797. The number of anilines is 1. The lowest BCUT2D eigenvalue weighted by Gasteiger charge is -2.08. The normalized spacial score (nSPS) is 11.0. The molecule has 0 heterocycles. The molecule has 0 aliphatic heterocycles. The minimum Gasteiger partial charge on any atom is -0.326 e. The van der Waals surface area contributed by atoms with E-state index < -0.39 is 9.84 Å². The highest BCUT2D eigenvalue weighted by Gasteiger charge is 2.15. The molecule has 7 heteroatoms. The van der Waals surface area contributed by atoms with Crippen molar-refractivity contribution in [3.63, 3.8) is 0 Å². The number of nitrogens with two attached hydrogens (primary N) is 1. The third-order valence-corrected chi connectivity index (χ3v) is 4.70. The van der Waals surface area contributed by atoms with Crippen LogP contribution in [0.4, 0.5) is 5.69 Å². The second-order valence-corrected chi connectivity index (χ2v) is 7.44. The summed E-state index contributed by atoms with van der Waals surface area (Å²) in [6.07, 6.45) is -0.0201. The van der Waals surface area contributed by atoms with Gasteiger partial charge in [-0.2, -0.15) is 0 Å². The summed E-state index contributed by atoms with van der Waals surface area (Å²) in [7, 11) is -3.16. The number of rotatable bonds is 7. The third kappa shape index (κ3) is 8.04. The molecule has 0 spiro atoms. The van der Waals surface area contributed by atoms with Gasteiger partial charge in [-0.25, -0.2) is 8.42 Å². The van der Waals surface area contributed by atoms with Crippen LogP contribution in [0, 0.1) is 5.92 Å². The van der Waals surface area contributed by atoms with Gasteiger partial charge in [0.25, 0.3) is 0 Å². The molecule has 0 aliphatic rings. The smallest absolute Gasteiger partial charge is 0.225 e. The van der Waals surface area contributed by atoms with Gasteiger partial charge in [-0.05, 0) is 23.6 Å². The average molecular weight is 335 g/mol. The first kappa shape index (κ1) is 19.9. The third-order valence-electron chi connectivity index (χ3n) is 2.70. The van der Waals surface area contributed by atoms with E-state index in [0.29, 0.717) is 12.2 Å². The lowest BCUT2D eigenvalue weighted by atomic mass is 10.2. The molecule has 0 unspecified atom stereocenters. The van der Waals surface area contributed by atoms with Crippen molar-refractivity contribution in [1.82, 2.24) is 0 Å². The molecule has 5 nitrogen and oxygen atoms in total. The predicted octanol–water partition coefficient (Wildman–Crippen LogP) is 1.97. The summed E-state index contributed by atoms with van der Waals surface area (Å²) in [6.45, 7) is 4.13. The Labute approximate surface area is 132 Å². The number of halogens is 1. The number of hydrogen-bond donors (Lipinski definition) is 2. The molecule has 3 N–H and O–H groups in total. The Bertz CT molecular complexity index is 542. The number of hydrogen-bond acceptors (Lipinski definition) is 4. The van der Waals surface area contributed by atoms with Crippen LogP contribution in [0.25, 0.3) is 0 Å². The van der Waals surface area contributed by atoms with Crippen molar-refractivity contribution in [2.45, 2.75) is 26.8 Å². The molecule has 0 aliphatic carbocycles. The van der Waals surface area contributed by atoms with Crippen LogP contribution in [-0.4, -0.2) is 25.8 Å². The predicted molar refractivity (Wildman–Crippen MR) is 88.3 cm³/mol. The average Bonchev–Trinajstić information content (AvgIpc) is 2.36. The fraction of sp³-hybridized carbons (Fsp3) is 0.500. The molecular weight excluding hydrogens is 312 g/mol. The lowest BCUT2D eigenvalue weighted by molar-refractivity contribution is -0.115. The first-order valence-corrected chi connectivity index (χ1v) is 8.44. The zero-order chi connectivity index (χ0) is 15.2. The van der Waals surface area contributed by atoms with Gasteiger partial charge in [0.05, 0.1) is 11.5 Å². The summed E-state index contributed by atoms with van der Waals surface area (Å²) in [4.78, 5) is 11.7. The Hall–Kier alpha value is -1.11. The van der Waals surface area contributed by atoms with Gasteiger partial charge < -0.3 is 11.1 Å². The SMILES string of the molecule is CC(C)CS(=O)(=O)CCC(=O)Nc1ccc(CN)cc1.Cl. The summed E-state index contributed by atoms with van der Waals surface area (Å²) in [6, 6.07) is 7.15. The van der Waals surface area contributed by atoms with Crippen molar-refractivity contribution in [2.24, 2.45) is 11.7 Å². The van der Waals surface area contributed by atoms with Crippen LogP contribution in [0.3, 0.4) is 0 Å². The lowest BCUT2D eigenvalue weighted by Crippen LogP contribution is -2.20. The van der Waals surface area contributed by atoms with Crippen molar-refractivity contribution in [3.8, 4) is 0 Å². The van der Waals surface area contributed by atoms with Crippen molar-refractivity contribution >= 4 is 33.8 Å². The highest BCUT2D eigenvalue weighted by molar-refractivity contribution is 7.91. The first-order valence-electron chi connectivity index (χ1n) is 6.61. The van der Waals surface area contributed by atoms with E-state index in [4.69, 9.17) is 5.73 Å². The minimum atomic E-state index is -3.16. The monoisotopic (exact) mass is 334 g/mol. The molecule has 0 saturated carbocycles. The van der Waals surface area contributed by atoms with E-state index in [-0.39, 0.29) is 42.2 Å². The molecule has 120 valence electrons. The molecular formula is C14H23ClN2O3S. The van der Waals surface area contributed by atoms with Gasteiger partial charge in [0.2, 0.25) is 5.91 Å². The zero-order valence-corrected chi connectivity index (χ0v) is 14.0. The molecule has 1 rings (SSSR count). The Kier molecular flexibility index (Phi) is 8.54. The maximum absolute atomic E-state index is 11.7. The van der Waals surface area contributed by atoms with E-state index in [1.165, 1.54) is 0 Å². The maximum atomic E-state index is 11.7. The molecule has 1 aromatic carbocycles. The topological polar surface area (TPSA) is 89.3 Å². The van der Waals surface area contributed by atoms with E-state index in [1.807, 2.05) is 26.0 Å². The van der Waals surface area contributed by atoms with Crippen molar-refractivity contribution in [2.75, 3.05) is 16.8 Å². The number of carbonyl (C=O) groups excluding carboxylic acids is 1. The minimum absolute atomic E-state index is 0. The highest BCUT2D eigenvalue weighted by atomic mass is 35.5. The number of carbonyl (C=O) groups is 1. The van der Waals surface area contributed by atoms with Crippen molar-refractivity contribution in [3.05, 3.63) is 29.8 Å². The van der Waals surface area contributed by atoms with Crippen LogP contribution in [0.2, 0.25) is 0 Å². The second kappa shape index (κ2) is 9.02. The molecule has 0 aromatic heterocycles. The Morgan fingerprint density at radius 2 is 1.81 bits per heavy atom. The molecule has 0 fully saturated rings. The summed E-state index contributed by atoms with van der Waals surface area (Å²) in [5, 5.41) is 2.67. The van der Waals surface area contributed by atoms with Crippen LogP contribution in [-0.2, 0) is 21.2 Å². The van der Waals surface area contributed by atoms with E-state index in [9.17, 15) is 13.2 Å². The van der Waals surface area contributed by atoms with Gasteiger partial charge in [0.1, 0.15) is 0 Å². The van der Waals surface area contributed by atoms with Gasteiger partial charge in [-0.1, -0.05) is 26.0 Å². The van der Waals surface area contributed by atoms with E-state index in [2.05, 4.69) is 5.32 Å². The summed E-state index contributed by atoms with van der Waals surface area (Å²) < 4.78 is 23.4. The molecule has 0 radical (unpaired) electrons. The van der Waals surface area contributed by atoms with Crippen LogP contribution in [0.15, 0.2) is 24.3 Å². The van der Waals surface area contributed by atoms with E-state index >= 15 is 0 Å². The number of nitrogens with one attached hydrogen (secondary N) is 1. The van der Waals surface area contributed by atoms with Crippen molar-refractivity contribution in [1.29, 1.82) is 0 Å². The molecule has 1 amide bonds. The number of sulfone groups is 1. The molecule has 0 saturated heterocycles. The number of amides is 1. The molecule has 0 atom stereocenters. The summed E-state index contributed by atoms with van der Waals surface area (Å²) in [5.41, 5.74) is 7.10. The number of benzene rings is 1. The Morgan fingerprint density at radius 3 is 2.29 bits per heavy atom. The van der Waals surface area contributed by atoms with Gasteiger partial charge in [0.15, 0.2) is 9.84 Å². The zero-order valence-electron chi connectivity index (χ0n) is 12.3. The summed E-state index contributed by atoms with van der Waals surface area (Å²) >= 11 is 0. The standard InChI is InChI=1S/C14H22N2O3S.ClH/c1-11(2)10-20(18,19)8-7-14(17)16-13-5-3-12(9-15)4-6-13;/h3-6,11H,7-10,15H2,1-2H3,(H,16,17);1H. The van der Waals surface area contributed by atoms with Crippen LogP contribution in [0.1, 0.15) is 25.8 Å². The fourth-order valence-corrected chi connectivity index (χ4v) is 3.47.